The van der Waals surface area contributed by atoms with Gasteiger partial charge in [-0.05, 0) is 59.4 Å². The standard InChI is InChI=1S/C30H30N4O3.C2HF3O2/c1-2-37-30(36)28-21-34(19-25-10-6-9-24(15-25)18-33-31)20-27(28)16-22-11-13-26(14-12-22)29(35)32-17-23-7-4-3-5-8-23;3-2(4,5)1(6)7/h3-15,18,20-21H,2,16-17,19,31H2,1H3,(H,32,35);(H,6,7). The summed E-state index contributed by atoms with van der Waals surface area (Å²) in [7, 11) is 0. The summed E-state index contributed by atoms with van der Waals surface area (Å²) < 4.78 is 39.0. The highest BCUT2D eigenvalue weighted by Gasteiger charge is 2.38. The summed E-state index contributed by atoms with van der Waals surface area (Å²) in [5.41, 5.74) is 5.98. The number of hydrazone groups is 1. The second kappa shape index (κ2) is 15.7. The Balaban J connectivity index is 0.000000676. The molecule has 230 valence electrons. The minimum Gasteiger partial charge on any atom is -0.475 e. The molecule has 0 aliphatic heterocycles. The van der Waals surface area contributed by atoms with E-state index in [1.165, 1.54) is 0 Å². The van der Waals surface area contributed by atoms with Crippen LogP contribution in [-0.4, -0.2) is 46.5 Å². The van der Waals surface area contributed by atoms with Gasteiger partial charge in [-0.1, -0.05) is 60.7 Å². The number of aromatic nitrogens is 1. The van der Waals surface area contributed by atoms with Crippen molar-refractivity contribution in [1.82, 2.24) is 9.88 Å². The van der Waals surface area contributed by atoms with Gasteiger partial charge in [-0.25, -0.2) is 9.59 Å². The number of ether oxygens (including phenoxy) is 1. The van der Waals surface area contributed by atoms with Crippen molar-refractivity contribution in [2.24, 2.45) is 10.9 Å². The highest BCUT2D eigenvalue weighted by molar-refractivity contribution is 5.94. The van der Waals surface area contributed by atoms with Crippen LogP contribution < -0.4 is 11.2 Å². The summed E-state index contributed by atoms with van der Waals surface area (Å²) in [4.78, 5) is 34.1. The third kappa shape index (κ3) is 10.2. The molecular weight excluding hydrogens is 577 g/mol. The molecule has 0 aliphatic carbocycles. The minimum atomic E-state index is -5.08. The van der Waals surface area contributed by atoms with Crippen LogP contribution >= 0.6 is 0 Å². The fourth-order valence-corrected chi connectivity index (χ4v) is 4.12. The fraction of sp³-hybridized carbons (Fsp3) is 0.188. The van der Waals surface area contributed by atoms with Crippen molar-refractivity contribution in [1.29, 1.82) is 0 Å². The Labute approximate surface area is 251 Å². The third-order valence-electron chi connectivity index (χ3n) is 6.15. The van der Waals surface area contributed by atoms with Crippen LogP contribution in [0.2, 0.25) is 0 Å². The zero-order chi connectivity index (χ0) is 32.1. The lowest BCUT2D eigenvalue weighted by Gasteiger charge is -2.07. The average molecular weight is 609 g/mol. The number of rotatable bonds is 10. The Morgan fingerprint density at radius 1 is 0.955 bits per heavy atom. The fourth-order valence-electron chi connectivity index (χ4n) is 4.12. The van der Waals surface area contributed by atoms with Crippen molar-refractivity contribution in [3.05, 3.63) is 130 Å². The van der Waals surface area contributed by atoms with E-state index in [1.54, 1.807) is 25.3 Å². The Hall–Kier alpha value is -5.39. The lowest BCUT2D eigenvalue weighted by molar-refractivity contribution is -0.192. The zero-order valence-electron chi connectivity index (χ0n) is 23.8. The maximum atomic E-state index is 12.7. The van der Waals surface area contributed by atoms with E-state index in [9.17, 15) is 22.8 Å². The number of carboxylic acids is 1. The topological polar surface area (TPSA) is 136 Å². The number of nitrogens with two attached hydrogens (primary N) is 1. The van der Waals surface area contributed by atoms with Crippen LogP contribution in [0.5, 0.6) is 0 Å². The van der Waals surface area contributed by atoms with Crippen LogP contribution in [0.4, 0.5) is 13.2 Å². The van der Waals surface area contributed by atoms with Gasteiger partial charge in [-0.3, -0.25) is 4.79 Å². The van der Waals surface area contributed by atoms with Crippen molar-refractivity contribution in [3.8, 4) is 0 Å². The number of halogens is 3. The molecule has 0 aliphatic rings. The molecule has 0 saturated carbocycles. The number of nitrogens with zero attached hydrogens (tertiary/aromatic N) is 2. The quantitative estimate of drug-likeness (QED) is 0.0985. The van der Waals surface area contributed by atoms with Gasteiger partial charge in [-0.2, -0.15) is 18.3 Å². The number of esters is 1. The average Bonchev–Trinajstić information content (AvgIpc) is 3.39. The third-order valence-corrected chi connectivity index (χ3v) is 6.15. The van der Waals surface area contributed by atoms with Gasteiger partial charge in [0, 0.05) is 31.0 Å². The van der Waals surface area contributed by atoms with Gasteiger partial charge in [0.1, 0.15) is 0 Å². The number of carboxylic acid groups (broad SMARTS) is 1. The molecule has 0 spiro atoms. The second-order valence-corrected chi connectivity index (χ2v) is 9.46. The summed E-state index contributed by atoms with van der Waals surface area (Å²) in [6.45, 7) is 3.15. The number of carbonyl (C=O) groups is 3. The first-order chi connectivity index (χ1) is 21.0. The summed E-state index contributed by atoms with van der Waals surface area (Å²) >= 11 is 0. The lowest BCUT2D eigenvalue weighted by Crippen LogP contribution is -2.22. The van der Waals surface area contributed by atoms with Gasteiger partial charge < -0.3 is 25.6 Å². The normalized spacial score (nSPS) is 11.0. The van der Waals surface area contributed by atoms with Gasteiger partial charge in [0.15, 0.2) is 0 Å². The maximum Gasteiger partial charge on any atom is 0.490 e. The first kappa shape index (κ1) is 33.1. The second-order valence-electron chi connectivity index (χ2n) is 9.46. The molecule has 1 heterocycles. The van der Waals surface area contributed by atoms with E-state index in [4.69, 9.17) is 20.5 Å². The Morgan fingerprint density at radius 3 is 2.23 bits per heavy atom. The van der Waals surface area contributed by atoms with E-state index in [2.05, 4.69) is 10.4 Å². The van der Waals surface area contributed by atoms with Crippen LogP contribution in [0.3, 0.4) is 0 Å². The number of nitrogens with one attached hydrogen (secondary N) is 1. The molecule has 1 aromatic heterocycles. The molecule has 0 fully saturated rings. The number of amides is 1. The molecule has 3 aromatic carbocycles. The molecule has 0 unspecified atom stereocenters. The van der Waals surface area contributed by atoms with Gasteiger partial charge >= 0.3 is 18.1 Å². The first-order valence-corrected chi connectivity index (χ1v) is 13.4. The highest BCUT2D eigenvalue weighted by atomic mass is 19.4. The molecule has 44 heavy (non-hydrogen) atoms. The van der Waals surface area contributed by atoms with E-state index < -0.39 is 12.1 Å². The molecule has 0 atom stereocenters. The van der Waals surface area contributed by atoms with Gasteiger partial charge in [0.05, 0.1) is 18.4 Å². The predicted octanol–water partition coefficient (Wildman–Crippen LogP) is 5.16. The van der Waals surface area contributed by atoms with Gasteiger partial charge in [0.25, 0.3) is 5.91 Å². The van der Waals surface area contributed by atoms with Crippen LogP contribution in [0.1, 0.15) is 55.5 Å². The van der Waals surface area contributed by atoms with E-state index in [-0.39, 0.29) is 11.9 Å². The molecule has 0 bridgehead atoms. The summed E-state index contributed by atoms with van der Waals surface area (Å²) in [6.07, 6.45) is 0.839. The number of hydrogen-bond acceptors (Lipinski definition) is 6. The SMILES string of the molecule is CCOC(=O)c1cn(Cc2cccc(C=NN)c2)cc1Cc1ccc(C(=O)NCc2ccccc2)cc1.O=C(O)C(F)(F)F. The molecule has 0 saturated heterocycles. The minimum absolute atomic E-state index is 0.129. The molecule has 1 amide bonds. The van der Waals surface area contributed by atoms with Crippen molar-refractivity contribution in [3.63, 3.8) is 0 Å². The number of aliphatic carboxylic acids is 1. The van der Waals surface area contributed by atoms with Crippen molar-refractivity contribution in [2.45, 2.75) is 32.6 Å². The smallest absolute Gasteiger partial charge is 0.475 e. The van der Waals surface area contributed by atoms with E-state index in [0.29, 0.717) is 37.2 Å². The first-order valence-electron chi connectivity index (χ1n) is 13.4. The maximum absolute atomic E-state index is 12.7. The van der Waals surface area contributed by atoms with Crippen LogP contribution in [0.25, 0.3) is 0 Å². The van der Waals surface area contributed by atoms with Crippen molar-refractivity contribution < 1.29 is 37.4 Å². The van der Waals surface area contributed by atoms with Crippen LogP contribution in [-0.2, 0) is 29.0 Å². The van der Waals surface area contributed by atoms with Crippen LogP contribution in [0, 0.1) is 0 Å². The van der Waals surface area contributed by atoms with Gasteiger partial charge in [0.2, 0.25) is 0 Å². The predicted molar refractivity (Wildman–Crippen MR) is 158 cm³/mol. The van der Waals surface area contributed by atoms with E-state index in [0.717, 1.165) is 27.8 Å². The molecule has 12 heteroatoms. The Bertz CT molecular complexity index is 1580. The zero-order valence-corrected chi connectivity index (χ0v) is 23.8. The largest absolute Gasteiger partial charge is 0.490 e. The van der Waals surface area contributed by atoms with Crippen molar-refractivity contribution >= 4 is 24.1 Å². The lowest BCUT2D eigenvalue weighted by atomic mass is 10.0. The summed E-state index contributed by atoms with van der Waals surface area (Å²) in [6, 6.07) is 25.1. The number of hydrogen-bond donors (Lipinski definition) is 3. The molecular formula is C32H31F3N4O5. The molecule has 9 nitrogen and oxygen atoms in total. The highest BCUT2D eigenvalue weighted by Crippen LogP contribution is 2.20. The van der Waals surface area contributed by atoms with E-state index in [1.807, 2.05) is 83.7 Å². The molecule has 4 rings (SSSR count). The van der Waals surface area contributed by atoms with Crippen LogP contribution in [0.15, 0.2) is 96.4 Å². The molecule has 0 radical (unpaired) electrons. The Morgan fingerprint density at radius 2 is 1.61 bits per heavy atom. The summed E-state index contributed by atoms with van der Waals surface area (Å²) in [5, 5.41) is 13.7. The number of benzene rings is 3. The number of carbonyl (C=O) groups excluding carboxylic acids is 2. The number of alkyl halides is 3. The monoisotopic (exact) mass is 608 g/mol. The van der Waals surface area contributed by atoms with Gasteiger partial charge in [-0.15, -0.1) is 0 Å². The van der Waals surface area contributed by atoms with Crippen molar-refractivity contribution in [2.75, 3.05) is 6.61 Å². The Kier molecular flexibility index (Phi) is 11.8. The summed E-state index contributed by atoms with van der Waals surface area (Å²) in [5.74, 6) is 2.04. The van der Waals surface area contributed by atoms with E-state index >= 15 is 0 Å². The molecule has 4 N–H and O–H groups in total. The molecule has 4 aromatic rings.